The average Bonchev–Trinajstić information content (AvgIpc) is 2.76. The van der Waals surface area contributed by atoms with Crippen molar-refractivity contribution < 1.29 is 0 Å². The molecule has 0 N–H and O–H groups in total. The van der Waals surface area contributed by atoms with Gasteiger partial charge in [0.15, 0.2) is 0 Å². The molecule has 4 aromatic rings. The van der Waals surface area contributed by atoms with Crippen LogP contribution in [0.2, 0.25) is 0 Å². The maximum absolute atomic E-state index is 2.42. The molecule has 152 valence electrons. The average molecular weight is 429 g/mol. The molecule has 0 aromatic heterocycles. The van der Waals surface area contributed by atoms with Crippen LogP contribution in [0.4, 0.5) is 0 Å². The van der Waals surface area contributed by atoms with Crippen molar-refractivity contribution in [1.29, 1.82) is 0 Å². The van der Waals surface area contributed by atoms with Gasteiger partial charge in [-0.2, -0.15) is 10.0 Å². The van der Waals surface area contributed by atoms with Crippen molar-refractivity contribution in [1.82, 2.24) is 0 Å². The summed E-state index contributed by atoms with van der Waals surface area (Å²) >= 11 is 1.82. The van der Waals surface area contributed by atoms with Crippen LogP contribution in [0, 0.1) is 20.8 Å². The van der Waals surface area contributed by atoms with E-state index < -0.39 is 10.0 Å². The van der Waals surface area contributed by atoms with Gasteiger partial charge in [0, 0.05) is 9.79 Å². The lowest BCUT2D eigenvalue weighted by molar-refractivity contribution is 1.25. The highest BCUT2D eigenvalue weighted by Crippen LogP contribution is 2.65. The fourth-order valence-electron chi connectivity index (χ4n) is 3.55. The first-order valence-electron chi connectivity index (χ1n) is 10.2. The van der Waals surface area contributed by atoms with Crippen molar-refractivity contribution in [2.24, 2.45) is 0 Å². The summed E-state index contributed by atoms with van der Waals surface area (Å²) < 4.78 is 0. The summed E-state index contributed by atoms with van der Waals surface area (Å²) in [6, 6.07) is 36.1. The van der Waals surface area contributed by atoms with Crippen molar-refractivity contribution in [3.63, 3.8) is 0 Å². The van der Waals surface area contributed by atoms with E-state index in [1.165, 1.54) is 41.2 Å². The summed E-state index contributed by atoms with van der Waals surface area (Å²) in [6.45, 7) is 6.43. The van der Waals surface area contributed by atoms with Gasteiger partial charge in [0.25, 0.3) is 0 Å². The van der Waals surface area contributed by atoms with Crippen molar-refractivity contribution >= 4 is 21.8 Å². The maximum Gasteiger partial charge on any atom is 0.0123 e. The molecule has 0 spiro atoms. The zero-order chi connectivity index (χ0) is 21.1. The van der Waals surface area contributed by atoms with Crippen LogP contribution in [-0.2, 0) is 0 Å². The Bertz CT molecular complexity index is 1060. The fourth-order valence-corrected chi connectivity index (χ4v) is 7.23. The van der Waals surface area contributed by atoms with Crippen LogP contribution in [0.25, 0.3) is 0 Å². The number of rotatable bonds is 5. The SMILES string of the molecule is Cc1ccc(Sc2ccc(S(C)(c3ccc(C)cc3)c3ccc(C)cc3)cc2)cc1. The molecule has 0 aliphatic heterocycles. The van der Waals surface area contributed by atoms with E-state index in [9.17, 15) is 0 Å². The molecule has 30 heavy (non-hydrogen) atoms. The van der Waals surface area contributed by atoms with Gasteiger partial charge >= 0.3 is 0 Å². The summed E-state index contributed by atoms with van der Waals surface area (Å²) in [6.07, 6.45) is 2.42. The van der Waals surface area contributed by atoms with Gasteiger partial charge in [-0.25, -0.2) is 0 Å². The van der Waals surface area contributed by atoms with E-state index in [1.54, 1.807) is 0 Å². The molecule has 0 aliphatic carbocycles. The van der Waals surface area contributed by atoms with Gasteiger partial charge in [0.05, 0.1) is 0 Å². The molecule has 0 heterocycles. The van der Waals surface area contributed by atoms with Crippen molar-refractivity contribution in [2.75, 3.05) is 6.26 Å². The Morgan fingerprint density at radius 3 is 1.07 bits per heavy atom. The molecule has 0 saturated heterocycles. The zero-order valence-corrected chi connectivity index (χ0v) is 19.7. The maximum atomic E-state index is 2.42. The van der Waals surface area contributed by atoms with Crippen LogP contribution < -0.4 is 0 Å². The molecular weight excluding hydrogens is 400 g/mol. The third-order valence-electron chi connectivity index (χ3n) is 5.54. The van der Waals surface area contributed by atoms with Crippen LogP contribution >= 0.6 is 21.8 Å². The largest absolute Gasteiger partial charge is 0.163 e. The van der Waals surface area contributed by atoms with E-state index in [2.05, 4.69) is 124 Å². The van der Waals surface area contributed by atoms with Crippen molar-refractivity contribution in [3.05, 3.63) is 114 Å². The van der Waals surface area contributed by atoms with E-state index in [0.29, 0.717) is 0 Å². The second kappa shape index (κ2) is 8.75. The molecule has 0 radical (unpaired) electrons. The first-order valence-corrected chi connectivity index (χ1v) is 13.1. The minimum Gasteiger partial charge on any atom is -0.163 e. The number of hydrogen-bond donors (Lipinski definition) is 0. The molecule has 4 aromatic carbocycles. The van der Waals surface area contributed by atoms with Gasteiger partial charge in [0.2, 0.25) is 0 Å². The molecule has 0 bridgehead atoms. The minimum absolute atomic E-state index is 1.28. The number of hydrogen-bond acceptors (Lipinski definition) is 1. The van der Waals surface area contributed by atoms with Crippen LogP contribution in [0.15, 0.2) is 122 Å². The van der Waals surface area contributed by atoms with Crippen molar-refractivity contribution in [2.45, 2.75) is 45.2 Å². The topological polar surface area (TPSA) is 0 Å². The molecule has 2 heteroatoms. The van der Waals surface area contributed by atoms with Gasteiger partial charge in [-0.15, -0.1) is 0 Å². The molecule has 0 atom stereocenters. The molecule has 0 unspecified atom stereocenters. The lowest BCUT2D eigenvalue weighted by Gasteiger charge is -2.38. The fraction of sp³-hybridized carbons (Fsp3) is 0.143. The number of benzene rings is 4. The van der Waals surface area contributed by atoms with Gasteiger partial charge in [-0.3, -0.25) is 0 Å². The Hall–Kier alpha value is -2.42. The molecule has 4 rings (SSSR count). The highest BCUT2D eigenvalue weighted by atomic mass is 32.3. The Balaban J connectivity index is 1.72. The number of aryl methyl sites for hydroxylation is 3. The first kappa shape index (κ1) is 20.8. The second-order valence-electron chi connectivity index (χ2n) is 7.93. The van der Waals surface area contributed by atoms with Gasteiger partial charge in [0.1, 0.15) is 0 Å². The van der Waals surface area contributed by atoms with E-state index in [-0.39, 0.29) is 0 Å². The van der Waals surface area contributed by atoms with Gasteiger partial charge < -0.3 is 0 Å². The standard InChI is InChI=1S/C28H28S2/c1-21-5-11-24(12-6-21)29-25-13-19-28(20-14-25)30(4,26-15-7-22(2)8-16-26)27-17-9-23(3)10-18-27/h5-20H,1-4H3. The van der Waals surface area contributed by atoms with E-state index in [0.717, 1.165) is 0 Å². The van der Waals surface area contributed by atoms with Gasteiger partial charge in [-0.1, -0.05) is 64.9 Å². The lowest BCUT2D eigenvalue weighted by Crippen LogP contribution is -2.02. The summed E-state index contributed by atoms with van der Waals surface area (Å²) in [5.74, 6) is 0. The van der Waals surface area contributed by atoms with Crippen LogP contribution in [-0.4, -0.2) is 6.26 Å². The molecule has 0 fully saturated rings. The quantitative estimate of drug-likeness (QED) is 0.306. The summed E-state index contributed by atoms with van der Waals surface area (Å²) in [7, 11) is -1.31. The Kier molecular flexibility index (Phi) is 6.08. The summed E-state index contributed by atoms with van der Waals surface area (Å²) in [5, 5.41) is 0. The third kappa shape index (κ3) is 4.35. The monoisotopic (exact) mass is 428 g/mol. The molecule has 0 nitrogen and oxygen atoms in total. The van der Waals surface area contributed by atoms with Crippen molar-refractivity contribution in [3.8, 4) is 0 Å². The lowest BCUT2D eigenvalue weighted by atomic mass is 10.2. The second-order valence-corrected chi connectivity index (χ2v) is 12.3. The summed E-state index contributed by atoms with van der Waals surface area (Å²) in [4.78, 5) is 6.74. The minimum atomic E-state index is -1.31. The van der Waals surface area contributed by atoms with E-state index >= 15 is 0 Å². The third-order valence-corrected chi connectivity index (χ3v) is 10.2. The van der Waals surface area contributed by atoms with E-state index in [1.807, 2.05) is 11.8 Å². The normalized spacial score (nSPS) is 12.0. The van der Waals surface area contributed by atoms with Crippen LogP contribution in [0.5, 0.6) is 0 Å². The highest BCUT2D eigenvalue weighted by Gasteiger charge is 2.25. The van der Waals surface area contributed by atoms with Crippen LogP contribution in [0.1, 0.15) is 16.7 Å². The van der Waals surface area contributed by atoms with E-state index in [4.69, 9.17) is 0 Å². The first-order chi connectivity index (χ1) is 14.4. The molecule has 0 saturated carbocycles. The molecule has 0 aliphatic rings. The Labute approximate surface area is 186 Å². The Morgan fingerprint density at radius 1 is 0.433 bits per heavy atom. The highest BCUT2D eigenvalue weighted by molar-refractivity contribution is 8.33. The van der Waals surface area contributed by atoms with Gasteiger partial charge in [-0.05, 0) is 102 Å². The Morgan fingerprint density at radius 2 is 0.700 bits per heavy atom. The summed E-state index contributed by atoms with van der Waals surface area (Å²) in [5.41, 5.74) is 3.90. The smallest absolute Gasteiger partial charge is 0.0123 e. The predicted molar refractivity (Wildman–Crippen MR) is 132 cm³/mol. The predicted octanol–water partition coefficient (Wildman–Crippen LogP) is 8.67. The molecular formula is C28H28S2. The van der Waals surface area contributed by atoms with Crippen LogP contribution in [0.3, 0.4) is 0 Å². The molecule has 0 amide bonds. The zero-order valence-electron chi connectivity index (χ0n) is 18.1.